The second-order valence-corrected chi connectivity index (χ2v) is 8.42. The van der Waals surface area contributed by atoms with Gasteiger partial charge in [0.15, 0.2) is 0 Å². The van der Waals surface area contributed by atoms with E-state index in [1.54, 1.807) is 0 Å². The van der Waals surface area contributed by atoms with Crippen molar-refractivity contribution in [3.8, 4) is 0 Å². The van der Waals surface area contributed by atoms with Crippen LogP contribution in [0.5, 0.6) is 0 Å². The van der Waals surface area contributed by atoms with E-state index in [-0.39, 0.29) is 18.0 Å². The van der Waals surface area contributed by atoms with Crippen LogP contribution in [0.2, 0.25) is 0 Å². The van der Waals surface area contributed by atoms with Gasteiger partial charge in [-0.25, -0.2) is 4.98 Å². The van der Waals surface area contributed by atoms with Crippen molar-refractivity contribution in [2.75, 3.05) is 11.9 Å². The molecule has 1 N–H and O–H groups in total. The molecule has 4 rings (SSSR count). The van der Waals surface area contributed by atoms with Gasteiger partial charge in [-0.05, 0) is 50.5 Å². The molecule has 0 aliphatic carbocycles. The third-order valence-electron chi connectivity index (χ3n) is 6.07. The van der Waals surface area contributed by atoms with Gasteiger partial charge in [0.05, 0.1) is 17.7 Å². The van der Waals surface area contributed by atoms with Crippen LogP contribution in [0.1, 0.15) is 54.0 Å². The van der Waals surface area contributed by atoms with Crippen LogP contribution < -0.4 is 5.32 Å². The lowest BCUT2D eigenvalue weighted by Gasteiger charge is -2.36. The summed E-state index contributed by atoms with van der Waals surface area (Å²) in [6.45, 7) is 9.93. The lowest BCUT2D eigenvalue weighted by atomic mass is 9.99. The van der Waals surface area contributed by atoms with E-state index in [1.807, 2.05) is 36.7 Å². The van der Waals surface area contributed by atoms with Gasteiger partial charge in [-0.3, -0.25) is 9.69 Å². The molecular formula is C25H30N4O. The molecule has 0 spiro atoms. The Morgan fingerprint density at radius 1 is 1.13 bits per heavy atom. The summed E-state index contributed by atoms with van der Waals surface area (Å²) in [5, 5.41) is 3.21. The highest BCUT2D eigenvalue weighted by Gasteiger charge is 2.37. The molecular weight excluding hydrogens is 372 g/mol. The zero-order chi connectivity index (χ0) is 21.3. The summed E-state index contributed by atoms with van der Waals surface area (Å²) >= 11 is 0. The normalized spacial score (nSPS) is 16.5. The topological polar surface area (TPSA) is 50.2 Å². The second-order valence-electron chi connectivity index (χ2n) is 8.42. The maximum Gasteiger partial charge on any atom is 0.247 e. The number of rotatable bonds is 5. The zero-order valence-electron chi connectivity index (χ0n) is 18.2. The molecule has 1 amide bonds. The molecule has 0 radical (unpaired) electrons. The highest BCUT2D eigenvalue weighted by Crippen LogP contribution is 2.34. The molecule has 0 saturated heterocycles. The highest BCUT2D eigenvalue weighted by atomic mass is 16.2. The zero-order valence-corrected chi connectivity index (χ0v) is 18.2. The number of aromatic nitrogens is 2. The van der Waals surface area contributed by atoms with E-state index in [2.05, 4.69) is 65.7 Å². The minimum Gasteiger partial charge on any atom is -0.330 e. The fraction of sp³-hybridized carbons (Fsp3) is 0.360. The number of carbonyl (C=O) groups excluding carboxylic acids is 1. The van der Waals surface area contributed by atoms with E-state index in [4.69, 9.17) is 0 Å². The molecule has 1 aromatic heterocycles. The first kappa shape index (κ1) is 20.4. The maximum atomic E-state index is 13.7. The van der Waals surface area contributed by atoms with Crippen molar-refractivity contribution >= 4 is 11.6 Å². The lowest BCUT2D eigenvalue weighted by Crippen LogP contribution is -2.42. The standard InChI is InChI=1S/C25H30N4O/c1-17(2)29-16-26-22-13-14-28(15-20-10-6-5-7-11-20)24(23(22)29)25(30)27-21-12-8-9-18(3)19(21)4/h5-12,16-17,24H,13-15H2,1-4H3,(H,27,30)/t24-/m1/s1. The van der Waals surface area contributed by atoms with Crippen LogP contribution in [0.4, 0.5) is 5.69 Å². The Morgan fingerprint density at radius 2 is 1.90 bits per heavy atom. The third-order valence-corrected chi connectivity index (χ3v) is 6.07. The van der Waals surface area contributed by atoms with Gasteiger partial charge in [0.1, 0.15) is 6.04 Å². The van der Waals surface area contributed by atoms with Gasteiger partial charge in [-0.2, -0.15) is 0 Å². The molecule has 1 atom stereocenters. The van der Waals surface area contributed by atoms with Crippen molar-refractivity contribution in [3.63, 3.8) is 0 Å². The number of aryl methyl sites for hydroxylation is 1. The predicted octanol–water partition coefficient (Wildman–Crippen LogP) is 4.82. The van der Waals surface area contributed by atoms with Gasteiger partial charge in [0.2, 0.25) is 5.91 Å². The van der Waals surface area contributed by atoms with Crippen LogP contribution >= 0.6 is 0 Å². The quantitative estimate of drug-likeness (QED) is 0.666. The van der Waals surface area contributed by atoms with E-state index in [9.17, 15) is 4.79 Å². The summed E-state index contributed by atoms with van der Waals surface area (Å²) in [4.78, 5) is 20.6. The van der Waals surface area contributed by atoms with Crippen LogP contribution in [0.15, 0.2) is 54.9 Å². The largest absolute Gasteiger partial charge is 0.330 e. The number of benzene rings is 2. The molecule has 0 unspecified atom stereocenters. The first-order valence-electron chi connectivity index (χ1n) is 10.7. The Kier molecular flexibility index (Phi) is 5.73. The minimum atomic E-state index is -0.376. The number of fused-ring (bicyclic) bond motifs is 1. The Labute approximate surface area is 178 Å². The Morgan fingerprint density at radius 3 is 2.63 bits per heavy atom. The number of hydrogen-bond donors (Lipinski definition) is 1. The first-order valence-corrected chi connectivity index (χ1v) is 10.7. The first-order chi connectivity index (χ1) is 14.5. The molecule has 1 aliphatic heterocycles. The van der Waals surface area contributed by atoms with Crippen molar-refractivity contribution in [2.24, 2.45) is 0 Å². The summed E-state index contributed by atoms with van der Waals surface area (Å²) in [7, 11) is 0. The molecule has 30 heavy (non-hydrogen) atoms. The number of nitrogens with one attached hydrogen (secondary N) is 1. The number of anilines is 1. The van der Waals surface area contributed by atoms with Gasteiger partial charge in [-0.15, -0.1) is 0 Å². The molecule has 0 bridgehead atoms. The average molecular weight is 403 g/mol. The van der Waals surface area contributed by atoms with E-state index >= 15 is 0 Å². The van der Waals surface area contributed by atoms with Gasteiger partial charge in [0.25, 0.3) is 0 Å². The molecule has 3 aromatic rings. The Bertz CT molecular complexity index is 1040. The predicted molar refractivity (Wildman–Crippen MR) is 120 cm³/mol. The van der Waals surface area contributed by atoms with Gasteiger partial charge in [0, 0.05) is 31.2 Å². The number of carbonyl (C=O) groups is 1. The lowest BCUT2D eigenvalue weighted by molar-refractivity contribution is -0.122. The van der Waals surface area contributed by atoms with Crippen LogP contribution in [0.25, 0.3) is 0 Å². The van der Waals surface area contributed by atoms with Crippen molar-refractivity contribution in [1.82, 2.24) is 14.5 Å². The number of imidazole rings is 1. The monoisotopic (exact) mass is 402 g/mol. The van der Waals surface area contributed by atoms with Gasteiger partial charge < -0.3 is 9.88 Å². The SMILES string of the molecule is Cc1cccc(NC(=O)[C@H]2c3c(ncn3C(C)C)CCN2Cc2ccccc2)c1C. The van der Waals surface area contributed by atoms with Crippen LogP contribution in [0, 0.1) is 13.8 Å². The Hall–Kier alpha value is -2.92. The second kappa shape index (κ2) is 8.44. The Balaban J connectivity index is 1.71. The van der Waals surface area contributed by atoms with E-state index < -0.39 is 0 Å². The summed E-state index contributed by atoms with van der Waals surface area (Å²) in [5.41, 5.74) is 6.42. The highest BCUT2D eigenvalue weighted by molar-refractivity contribution is 5.96. The summed E-state index contributed by atoms with van der Waals surface area (Å²) < 4.78 is 2.15. The molecule has 5 nitrogen and oxygen atoms in total. The maximum absolute atomic E-state index is 13.7. The number of hydrogen-bond acceptors (Lipinski definition) is 3. The molecule has 156 valence electrons. The number of nitrogens with zero attached hydrogens (tertiary/aromatic N) is 3. The fourth-order valence-electron chi connectivity index (χ4n) is 4.23. The molecule has 5 heteroatoms. The summed E-state index contributed by atoms with van der Waals surface area (Å²) in [6, 6.07) is 16.3. The molecule has 0 saturated carbocycles. The molecule has 2 heterocycles. The summed E-state index contributed by atoms with van der Waals surface area (Å²) in [5.74, 6) is 0.00276. The summed E-state index contributed by atoms with van der Waals surface area (Å²) in [6.07, 6.45) is 2.74. The van der Waals surface area contributed by atoms with Crippen LogP contribution in [0.3, 0.4) is 0 Å². The van der Waals surface area contributed by atoms with Gasteiger partial charge in [-0.1, -0.05) is 42.5 Å². The third kappa shape index (κ3) is 3.90. The van der Waals surface area contributed by atoms with Crippen molar-refractivity contribution in [3.05, 3.63) is 82.9 Å². The number of amides is 1. The average Bonchev–Trinajstić information content (AvgIpc) is 3.16. The minimum absolute atomic E-state index is 0.00276. The molecule has 2 aromatic carbocycles. The smallest absolute Gasteiger partial charge is 0.247 e. The van der Waals surface area contributed by atoms with Crippen molar-refractivity contribution in [1.29, 1.82) is 0 Å². The van der Waals surface area contributed by atoms with Crippen LogP contribution in [-0.2, 0) is 17.8 Å². The van der Waals surface area contributed by atoms with Gasteiger partial charge >= 0.3 is 0 Å². The van der Waals surface area contributed by atoms with E-state index in [1.165, 1.54) is 11.1 Å². The van der Waals surface area contributed by atoms with Crippen LogP contribution in [-0.4, -0.2) is 26.9 Å². The fourth-order valence-corrected chi connectivity index (χ4v) is 4.23. The molecule has 0 fully saturated rings. The molecule has 1 aliphatic rings. The van der Waals surface area contributed by atoms with E-state index in [0.29, 0.717) is 0 Å². The van der Waals surface area contributed by atoms with Crippen molar-refractivity contribution < 1.29 is 4.79 Å². The van der Waals surface area contributed by atoms with E-state index in [0.717, 1.165) is 42.1 Å². The van der Waals surface area contributed by atoms with Crippen molar-refractivity contribution in [2.45, 2.75) is 52.7 Å².